The third-order valence-corrected chi connectivity index (χ3v) is 4.48. The molecule has 1 atom stereocenters. The predicted octanol–water partition coefficient (Wildman–Crippen LogP) is 3.22. The van der Waals surface area contributed by atoms with Gasteiger partial charge in [-0.15, -0.1) is 0 Å². The Morgan fingerprint density at radius 2 is 1.85 bits per heavy atom. The van der Waals surface area contributed by atoms with Crippen LogP contribution in [0.15, 0.2) is 18.2 Å². The van der Waals surface area contributed by atoms with Gasteiger partial charge in [0.25, 0.3) is 0 Å². The van der Waals surface area contributed by atoms with Gasteiger partial charge in [0.15, 0.2) is 0 Å². The normalized spacial score (nSPS) is 24.0. The molecule has 20 heavy (non-hydrogen) atoms. The van der Waals surface area contributed by atoms with E-state index in [9.17, 15) is 0 Å². The number of nitrogens with one attached hydrogen (secondary N) is 1. The molecule has 1 aromatic rings. The van der Waals surface area contributed by atoms with Crippen LogP contribution >= 0.6 is 0 Å². The van der Waals surface area contributed by atoms with Crippen molar-refractivity contribution in [1.29, 1.82) is 0 Å². The maximum absolute atomic E-state index is 5.97. The zero-order chi connectivity index (χ0) is 14.0. The van der Waals surface area contributed by atoms with Gasteiger partial charge in [0.1, 0.15) is 11.5 Å². The lowest BCUT2D eigenvalue weighted by Crippen LogP contribution is -2.49. The summed E-state index contributed by atoms with van der Waals surface area (Å²) in [4.78, 5) is 0. The Morgan fingerprint density at radius 3 is 2.40 bits per heavy atom. The van der Waals surface area contributed by atoms with Crippen LogP contribution in [-0.4, -0.2) is 32.5 Å². The lowest BCUT2D eigenvalue weighted by Gasteiger charge is -2.47. The van der Waals surface area contributed by atoms with Gasteiger partial charge in [0, 0.05) is 36.5 Å². The Morgan fingerprint density at radius 1 is 1.15 bits per heavy atom. The van der Waals surface area contributed by atoms with Crippen molar-refractivity contribution in [3.63, 3.8) is 0 Å². The van der Waals surface area contributed by atoms with E-state index in [1.54, 1.807) is 14.2 Å². The van der Waals surface area contributed by atoms with Crippen molar-refractivity contribution in [3.05, 3.63) is 18.2 Å². The average molecular weight is 277 g/mol. The molecule has 4 nitrogen and oxygen atoms in total. The number of ether oxygens (including phenoxy) is 3. The monoisotopic (exact) mass is 277 g/mol. The second-order valence-electron chi connectivity index (χ2n) is 5.82. The van der Waals surface area contributed by atoms with Crippen LogP contribution in [0.3, 0.4) is 0 Å². The summed E-state index contributed by atoms with van der Waals surface area (Å²) >= 11 is 0. The van der Waals surface area contributed by atoms with E-state index < -0.39 is 0 Å². The molecule has 1 aliphatic carbocycles. The van der Waals surface area contributed by atoms with Gasteiger partial charge in [-0.25, -0.2) is 0 Å². The molecule has 1 aliphatic heterocycles. The standard InChI is InChI=1S/C16H23NO3/c1-18-14-8-13(9-15(10-14)19-2)17-12-4-7-20-16(11-12)5-3-6-16/h8-10,12,17H,3-7,11H2,1-2H3. The van der Waals surface area contributed by atoms with Gasteiger partial charge >= 0.3 is 0 Å². The third kappa shape index (κ3) is 2.70. The number of benzene rings is 1. The molecule has 2 aliphatic rings. The van der Waals surface area contributed by atoms with Gasteiger partial charge in [0.05, 0.1) is 19.8 Å². The van der Waals surface area contributed by atoms with Crippen LogP contribution in [0.25, 0.3) is 0 Å². The molecule has 0 bridgehead atoms. The topological polar surface area (TPSA) is 39.7 Å². The van der Waals surface area contributed by atoms with Crippen LogP contribution in [-0.2, 0) is 4.74 Å². The average Bonchev–Trinajstić information content (AvgIpc) is 2.45. The highest BCUT2D eigenvalue weighted by Gasteiger charge is 2.42. The van der Waals surface area contributed by atoms with Crippen molar-refractivity contribution >= 4 is 5.69 Å². The van der Waals surface area contributed by atoms with Gasteiger partial charge in [-0.05, 0) is 32.1 Å². The molecule has 0 amide bonds. The van der Waals surface area contributed by atoms with Crippen LogP contribution in [0.2, 0.25) is 0 Å². The molecule has 1 aromatic carbocycles. The SMILES string of the molecule is COc1cc(NC2CCOC3(CCC3)C2)cc(OC)c1. The Labute approximate surface area is 120 Å². The summed E-state index contributed by atoms with van der Waals surface area (Å²) in [5.74, 6) is 1.63. The fourth-order valence-electron chi connectivity index (χ4n) is 3.20. The third-order valence-electron chi connectivity index (χ3n) is 4.48. The van der Waals surface area contributed by atoms with E-state index in [1.807, 2.05) is 18.2 Å². The van der Waals surface area contributed by atoms with Gasteiger partial charge in [-0.1, -0.05) is 0 Å². The molecule has 1 heterocycles. The minimum Gasteiger partial charge on any atom is -0.497 e. The minimum absolute atomic E-state index is 0.166. The first-order valence-electron chi connectivity index (χ1n) is 7.37. The summed E-state index contributed by atoms with van der Waals surface area (Å²) in [6.45, 7) is 0.860. The molecule has 1 N–H and O–H groups in total. The lowest BCUT2D eigenvalue weighted by molar-refractivity contribution is -0.130. The first-order chi connectivity index (χ1) is 9.73. The van der Waals surface area contributed by atoms with Crippen LogP contribution in [0, 0.1) is 0 Å². The fourth-order valence-corrected chi connectivity index (χ4v) is 3.20. The summed E-state index contributed by atoms with van der Waals surface area (Å²) in [6.07, 6.45) is 5.90. The fraction of sp³-hybridized carbons (Fsp3) is 0.625. The predicted molar refractivity (Wildman–Crippen MR) is 78.7 cm³/mol. The molecule has 0 aromatic heterocycles. The number of rotatable bonds is 4. The van der Waals surface area contributed by atoms with E-state index in [0.29, 0.717) is 6.04 Å². The zero-order valence-corrected chi connectivity index (χ0v) is 12.3. The van der Waals surface area contributed by atoms with E-state index in [4.69, 9.17) is 14.2 Å². The van der Waals surface area contributed by atoms with Gasteiger partial charge in [0.2, 0.25) is 0 Å². The van der Waals surface area contributed by atoms with Crippen molar-refractivity contribution in [2.45, 2.75) is 43.7 Å². The van der Waals surface area contributed by atoms with Crippen LogP contribution < -0.4 is 14.8 Å². The van der Waals surface area contributed by atoms with E-state index in [1.165, 1.54) is 19.3 Å². The van der Waals surface area contributed by atoms with E-state index >= 15 is 0 Å². The summed E-state index contributed by atoms with van der Waals surface area (Å²) in [7, 11) is 3.35. The Kier molecular flexibility index (Phi) is 3.74. The Balaban J connectivity index is 1.70. The Bertz CT molecular complexity index is 449. The molecule has 1 saturated carbocycles. The molecular formula is C16H23NO3. The molecule has 1 spiro atoms. The number of hydrogen-bond donors (Lipinski definition) is 1. The molecule has 1 unspecified atom stereocenters. The molecule has 0 radical (unpaired) electrons. The van der Waals surface area contributed by atoms with Crippen molar-refractivity contribution in [1.82, 2.24) is 0 Å². The van der Waals surface area contributed by atoms with Crippen LogP contribution in [0.1, 0.15) is 32.1 Å². The molecular weight excluding hydrogens is 254 g/mol. The second kappa shape index (κ2) is 5.52. The summed E-state index contributed by atoms with van der Waals surface area (Å²) in [5, 5.41) is 3.61. The van der Waals surface area contributed by atoms with Crippen LogP contribution in [0.4, 0.5) is 5.69 Å². The van der Waals surface area contributed by atoms with Gasteiger partial charge < -0.3 is 19.5 Å². The number of anilines is 1. The Hall–Kier alpha value is -1.42. The van der Waals surface area contributed by atoms with Crippen molar-refractivity contribution in [2.24, 2.45) is 0 Å². The quantitative estimate of drug-likeness (QED) is 0.917. The smallest absolute Gasteiger partial charge is 0.124 e. The van der Waals surface area contributed by atoms with Gasteiger partial charge in [-0.3, -0.25) is 0 Å². The molecule has 4 heteroatoms. The largest absolute Gasteiger partial charge is 0.497 e. The highest BCUT2D eigenvalue weighted by Crippen LogP contribution is 2.43. The van der Waals surface area contributed by atoms with E-state index in [2.05, 4.69) is 5.32 Å². The first kappa shape index (κ1) is 13.6. The number of hydrogen-bond acceptors (Lipinski definition) is 4. The molecule has 3 rings (SSSR count). The highest BCUT2D eigenvalue weighted by atomic mass is 16.5. The van der Waals surface area contributed by atoms with Crippen molar-refractivity contribution in [2.75, 3.05) is 26.1 Å². The summed E-state index contributed by atoms with van der Waals surface area (Å²) < 4.78 is 16.6. The number of methoxy groups -OCH3 is 2. The minimum atomic E-state index is 0.166. The molecule has 110 valence electrons. The summed E-state index contributed by atoms with van der Waals surface area (Å²) in [6, 6.07) is 6.40. The summed E-state index contributed by atoms with van der Waals surface area (Å²) in [5.41, 5.74) is 1.22. The molecule has 2 fully saturated rings. The maximum atomic E-state index is 5.97. The van der Waals surface area contributed by atoms with Crippen LogP contribution in [0.5, 0.6) is 11.5 Å². The zero-order valence-electron chi connectivity index (χ0n) is 12.3. The second-order valence-corrected chi connectivity index (χ2v) is 5.82. The lowest BCUT2D eigenvalue weighted by atomic mass is 9.74. The highest BCUT2D eigenvalue weighted by molar-refractivity contribution is 5.54. The maximum Gasteiger partial charge on any atom is 0.124 e. The molecule has 1 saturated heterocycles. The van der Waals surface area contributed by atoms with E-state index in [0.717, 1.165) is 36.6 Å². The van der Waals surface area contributed by atoms with Crippen molar-refractivity contribution in [3.8, 4) is 11.5 Å². The first-order valence-corrected chi connectivity index (χ1v) is 7.37. The van der Waals surface area contributed by atoms with E-state index in [-0.39, 0.29) is 5.60 Å². The van der Waals surface area contributed by atoms with Gasteiger partial charge in [-0.2, -0.15) is 0 Å². The van der Waals surface area contributed by atoms with Crippen molar-refractivity contribution < 1.29 is 14.2 Å².